The van der Waals surface area contributed by atoms with Crippen molar-refractivity contribution in [2.45, 2.75) is 32.3 Å². The summed E-state index contributed by atoms with van der Waals surface area (Å²) in [7, 11) is 0. The zero-order chi connectivity index (χ0) is 9.97. The van der Waals surface area contributed by atoms with Gasteiger partial charge in [0.05, 0.1) is 6.10 Å². The summed E-state index contributed by atoms with van der Waals surface area (Å²) in [5, 5.41) is 12.5. The van der Waals surface area contributed by atoms with Gasteiger partial charge in [-0.05, 0) is 43.4 Å². The summed E-state index contributed by atoms with van der Waals surface area (Å²) in [5.74, 6) is 0. The SMILES string of the molecule is CC(O)CCc1ccc2c(c1)CCN2. The number of aliphatic hydroxyl groups excluding tert-OH is 1. The Labute approximate surface area is 85.0 Å². The molecular formula is C12H17NO. The molecule has 0 fully saturated rings. The van der Waals surface area contributed by atoms with Crippen LogP contribution in [0.2, 0.25) is 0 Å². The van der Waals surface area contributed by atoms with E-state index in [2.05, 4.69) is 23.5 Å². The lowest BCUT2D eigenvalue weighted by Crippen LogP contribution is -2.01. The molecule has 0 aliphatic carbocycles. The van der Waals surface area contributed by atoms with Crippen molar-refractivity contribution >= 4 is 5.69 Å². The second-order valence-electron chi connectivity index (χ2n) is 4.06. The number of hydrogen-bond acceptors (Lipinski definition) is 2. The Morgan fingerprint density at radius 1 is 1.50 bits per heavy atom. The first-order valence-electron chi connectivity index (χ1n) is 5.29. The van der Waals surface area contributed by atoms with Crippen molar-refractivity contribution in [3.8, 4) is 0 Å². The smallest absolute Gasteiger partial charge is 0.0515 e. The summed E-state index contributed by atoms with van der Waals surface area (Å²) < 4.78 is 0. The fourth-order valence-corrected chi connectivity index (χ4v) is 1.89. The van der Waals surface area contributed by atoms with Gasteiger partial charge in [0, 0.05) is 12.2 Å². The maximum Gasteiger partial charge on any atom is 0.0515 e. The molecule has 1 atom stereocenters. The van der Waals surface area contributed by atoms with E-state index in [4.69, 9.17) is 0 Å². The molecule has 1 aliphatic rings. The van der Waals surface area contributed by atoms with Gasteiger partial charge < -0.3 is 10.4 Å². The van der Waals surface area contributed by atoms with Gasteiger partial charge >= 0.3 is 0 Å². The fourth-order valence-electron chi connectivity index (χ4n) is 1.89. The molecule has 76 valence electrons. The van der Waals surface area contributed by atoms with Crippen LogP contribution in [0.25, 0.3) is 0 Å². The van der Waals surface area contributed by atoms with E-state index in [1.165, 1.54) is 16.8 Å². The highest BCUT2D eigenvalue weighted by molar-refractivity contribution is 5.56. The molecule has 0 saturated carbocycles. The van der Waals surface area contributed by atoms with E-state index in [0.717, 1.165) is 25.8 Å². The van der Waals surface area contributed by atoms with Gasteiger partial charge in [-0.15, -0.1) is 0 Å². The van der Waals surface area contributed by atoms with Crippen molar-refractivity contribution in [1.29, 1.82) is 0 Å². The third kappa shape index (κ3) is 2.07. The highest BCUT2D eigenvalue weighted by atomic mass is 16.3. The Bertz CT molecular complexity index is 320. The van der Waals surface area contributed by atoms with Crippen LogP contribution in [-0.4, -0.2) is 17.8 Å². The van der Waals surface area contributed by atoms with Crippen LogP contribution in [0, 0.1) is 0 Å². The van der Waals surface area contributed by atoms with Crippen LogP contribution in [0.3, 0.4) is 0 Å². The van der Waals surface area contributed by atoms with Crippen molar-refractivity contribution < 1.29 is 5.11 Å². The minimum atomic E-state index is -0.193. The highest BCUT2D eigenvalue weighted by Gasteiger charge is 2.09. The second-order valence-corrected chi connectivity index (χ2v) is 4.06. The largest absolute Gasteiger partial charge is 0.393 e. The van der Waals surface area contributed by atoms with E-state index in [1.54, 1.807) is 0 Å². The number of nitrogens with one attached hydrogen (secondary N) is 1. The maximum absolute atomic E-state index is 9.19. The van der Waals surface area contributed by atoms with Crippen LogP contribution in [0.5, 0.6) is 0 Å². The minimum absolute atomic E-state index is 0.193. The number of aryl methyl sites for hydroxylation is 1. The standard InChI is InChI=1S/C12H17NO/c1-9(14)2-3-10-4-5-12-11(8-10)6-7-13-12/h4-5,8-9,13-14H,2-3,6-7H2,1H3. The van der Waals surface area contributed by atoms with Gasteiger partial charge in [-0.3, -0.25) is 0 Å². The Hall–Kier alpha value is -1.02. The van der Waals surface area contributed by atoms with Gasteiger partial charge in [0.25, 0.3) is 0 Å². The first-order chi connectivity index (χ1) is 6.75. The predicted molar refractivity (Wildman–Crippen MR) is 58.6 cm³/mol. The quantitative estimate of drug-likeness (QED) is 0.765. The average molecular weight is 191 g/mol. The molecule has 1 aromatic rings. The van der Waals surface area contributed by atoms with E-state index in [9.17, 15) is 5.11 Å². The normalized spacial score (nSPS) is 16.1. The fraction of sp³-hybridized carbons (Fsp3) is 0.500. The van der Waals surface area contributed by atoms with Crippen molar-refractivity contribution in [2.24, 2.45) is 0 Å². The monoisotopic (exact) mass is 191 g/mol. The lowest BCUT2D eigenvalue weighted by atomic mass is 10.0. The van der Waals surface area contributed by atoms with E-state index in [-0.39, 0.29) is 6.10 Å². The minimum Gasteiger partial charge on any atom is -0.393 e. The third-order valence-electron chi connectivity index (χ3n) is 2.73. The lowest BCUT2D eigenvalue weighted by molar-refractivity contribution is 0.185. The summed E-state index contributed by atoms with van der Waals surface area (Å²) in [6.07, 6.45) is 2.77. The van der Waals surface area contributed by atoms with Crippen LogP contribution in [0.1, 0.15) is 24.5 Å². The molecule has 1 heterocycles. The van der Waals surface area contributed by atoms with Gasteiger partial charge in [0.15, 0.2) is 0 Å². The molecule has 0 radical (unpaired) electrons. The Kier molecular flexibility index (Phi) is 2.73. The van der Waals surface area contributed by atoms with Crippen molar-refractivity contribution in [1.82, 2.24) is 0 Å². The van der Waals surface area contributed by atoms with Crippen LogP contribution in [0.4, 0.5) is 5.69 Å². The first kappa shape index (κ1) is 9.53. The number of rotatable bonds is 3. The molecule has 0 amide bonds. The molecule has 2 rings (SSSR count). The molecule has 1 aromatic carbocycles. The average Bonchev–Trinajstić information content (AvgIpc) is 2.61. The molecule has 0 spiro atoms. The number of fused-ring (bicyclic) bond motifs is 1. The van der Waals surface area contributed by atoms with Gasteiger partial charge in [-0.25, -0.2) is 0 Å². The molecule has 0 aromatic heterocycles. The summed E-state index contributed by atoms with van der Waals surface area (Å²) >= 11 is 0. The zero-order valence-corrected chi connectivity index (χ0v) is 8.59. The Morgan fingerprint density at radius 2 is 2.36 bits per heavy atom. The van der Waals surface area contributed by atoms with Gasteiger partial charge in [-0.1, -0.05) is 12.1 Å². The molecule has 0 saturated heterocycles. The summed E-state index contributed by atoms with van der Waals surface area (Å²) in [4.78, 5) is 0. The zero-order valence-electron chi connectivity index (χ0n) is 8.59. The molecule has 1 aliphatic heterocycles. The van der Waals surface area contributed by atoms with Gasteiger partial charge in [0.2, 0.25) is 0 Å². The molecule has 2 heteroatoms. The van der Waals surface area contributed by atoms with E-state index in [0.29, 0.717) is 0 Å². The van der Waals surface area contributed by atoms with Gasteiger partial charge in [-0.2, -0.15) is 0 Å². The molecule has 2 nitrogen and oxygen atoms in total. The topological polar surface area (TPSA) is 32.3 Å². The molecule has 1 unspecified atom stereocenters. The van der Waals surface area contributed by atoms with Crippen LogP contribution in [-0.2, 0) is 12.8 Å². The van der Waals surface area contributed by atoms with Crippen LogP contribution >= 0.6 is 0 Å². The summed E-state index contributed by atoms with van der Waals surface area (Å²) in [6, 6.07) is 6.57. The molecule has 2 N–H and O–H groups in total. The number of aliphatic hydroxyl groups is 1. The van der Waals surface area contributed by atoms with E-state index >= 15 is 0 Å². The van der Waals surface area contributed by atoms with Gasteiger partial charge in [0.1, 0.15) is 0 Å². The Balaban J connectivity index is 2.05. The summed E-state index contributed by atoms with van der Waals surface area (Å²) in [5.41, 5.74) is 4.05. The first-order valence-corrected chi connectivity index (χ1v) is 5.29. The number of hydrogen-bond donors (Lipinski definition) is 2. The van der Waals surface area contributed by atoms with Crippen molar-refractivity contribution in [3.63, 3.8) is 0 Å². The molecule has 0 bridgehead atoms. The molecular weight excluding hydrogens is 174 g/mol. The second kappa shape index (κ2) is 4.01. The van der Waals surface area contributed by atoms with Crippen LogP contribution in [0.15, 0.2) is 18.2 Å². The lowest BCUT2D eigenvalue weighted by Gasteiger charge is -2.06. The van der Waals surface area contributed by atoms with Crippen LogP contribution < -0.4 is 5.32 Å². The maximum atomic E-state index is 9.19. The van der Waals surface area contributed by atoms with E-state index in [1.807, 2.05) is 6.92 Å². The molecule has 14 heavy (non-hydrogen) atoms. The Morgan fingerprint density at radius 3 is 3.14 bits per heavy atom. The summed E-state index contributed by atoms with van der Waals surface area (Å²) in [6.45, 7) is 2.91. The predicted octanol–water partition coefficient (Wildman–Crippen LogP) is 1.97. The van der Waals surface area contributed by atoms with Crippen molar-refractivity contribution in [2.75, 3.05) is 11.9 Å². The number of anilines is 1. The van der Waals surface area contributed by atoms with E-state index < -0.39 is 0 Å². The highest BCUT2D eigenvalue weighted by Crippen LogP contribution is 2.23. The third-order valence-corrected chi connectivity index (χ3v) is 2.73. The number of benzene rings is 1. The van der Waals surface area contributed by atoms with Crippen molar-refractivity contribution in [3.05, 3.63) is 29.3 Å².